The summed E-state index contributed by atoms with van der Waals surface area (Å²) >= 11 is 0. The molecule has 0 fully saturated rings. The number of aromatic nitrogens is 1. The summed E-state index contributed by atoms with van der Waals surface area (Å²) in [6.45, 7) is 2.05. The lowest BCUT2D eigenvalue weighted by molar-refractivity contribution is 0.119. The Hall–Kier alpha value is -3.82. The number of benzene rings is 4. The zero-order chi connectivity index (χ0) is 22.1. The van der Waals surface area contributed by atoms with Crippen LogP contribution in [0.1, 0.15) is 22.4 Å². The van der Waals surface area contributed by atoms with Crippen LogP contribution in [0.2, 0.25) is 0 Å². The Morgan fingerprint density at radius 2 is 1.41 bits per heavy atom. The number of aromatic amines is 1. The third-order valence-corrected chi connectivity index (χ3v) is 6.10. The van der Waals surface area contributed by atoms with Gasteiger partial charge in [-0.15, -0.1) is 0 Å². The predicted molar refractivity (Wildman–Crippen MR) is 130 cm³/mol. The molecule has 0 aliphatic heterocycles. The first-order valence-electron chi connectivity index (χ1n) is 10.7. The Morgan fingerprint density at radius 3 is 2.16 bits per heavy atom. The first kappa shape index (κ1) is 20.1. The number of H-pyrrole nitrogens is 1. The highest BCUT2D eigenvalue weighted by Crippen LogP contribution is 2.46. The highest BCUT2D eigenvalue weighted by atomic mass is 16.5. The molecule has 0 bridgehead atoms. The summed E-state index contributed by atoms with van der Waals surface area (Å²) in [5, 5.41) is 13.7. The van der Waals surface area contributed by atoms with Crippen molar-refractivity contribution in [2.24, 2.45) is 0 Å². The minimum absolute atomic E-state index is 0.633. The smallest absolute Gasteiger partial charge is 0.159 e. The van der Waals surface area contributed by atoms with Gasteiger partial charge in [-0.2, -0.15) is 0 Å². The summed E-state index contributed by atoms with van der Waals surface area (Å²) in [7, 11) is 1.64. The van der Waals surface area contributed by atoms with E-state index in [1.807, 2.05) is 91.9 Å². The van der Waals surface area contributed by atoms with Crippen LogP contribution in [-0.4, -0.2) is 17.2 Å². The number of hydrogen-bond acceptors (Lipinski definition) is 2. The van der Waals surface area contributed by atoms with Crippen LogP contribution in [0.15, 0.2) is 103 Å². The molecule has 2 N–H and O–H groups in total. The molecular formula is C29H25NO2. The van der Waals surface area contributed by atoms with Crippen LogP contribution in [0.5, 0.6) is 5.75 Å². The van der Waals surface area contributed by atoms with Gasteiger partial charge in [0, 0.05) is 22.0 Å². The van der Waals surface area contributed by atoms with Gasteiger partial charge in [0.2, 0.25) is 0 Å². The Balaban J connectivity index is 1.91. The number of fused-ring (bicyclic) bond motifs is 1. The standard InChI is InChI=1S/C29H25NO2/c1-20-16-18-22(19-17-20)29(31,24-13-7-9-15-26(24)32-2)28-27(21-10-4-3-5-11-21)23-12-6-8-14-25(23)30-28/h3-19,30-31H,1-2H3. The Morgan fingerprint density at radius 1 is 0.750 bits per heavy atom. The van der Waals surface area contributed by atoms with Gasteiger partial charge in [-0.05, 0) is 30.2 Å². The molecule has 1 heterocycles. The Kier molecular flexibility index (Phi) is 5.04. The summed E-state index contributed by atoms with van der Waals surface area (Å²) in [6, 6.07) is 34.1. The summed E-state index contributed by atoms with van der Waals surface area (Å²) in [6.07, 6.45) is 0. The van der Waals surface area contributed by atoms with Crippen LogP contribution in [-0.2, 0) is 5.60 Å². The summed E-state index contributed by atoms with van der Waals surface area (Å²) in [5.74, 6) is 0.633. The van der Waals surface area contributed by atoms with Crippen LogP contribution in [0.25, 0.3) is 22.0 Å². The third-order valence-electron chi connectivity index (χ3n) is 6.10. The molecule has 0 aliphatic carbocycles. The number of nitrogens with one attached hydrogen (secondary N) is 1. The van der Waals surface area contributed by atoms with Crippen molar-refractivity contribution in [2.45, 2.75) is 12.5 Å². The fraction of sp³-hybridized carbons (Fsp3) is 0.103. The van der Waals surface area contributed by atoms with Gasteiger partial charge < -0.3 is 14.8 Å². The van der Waals surface area contributed by atoms with E-state index in [1.165, 1.54) is 0 Å². The summed E-state index contributed by atoms with van der Waals surface area (Å²) in [4.78, 5) is 3.56. The third kappa shape index (κ3) is 3.19. The molecule has 0 aliphatic rings. The number of ether oxygens (including phenoxy) is 1. The van der Waals surface area contributed by atoms with Gasteiger partial charge in [0.05, 0.1) is 12.8 Å². The molecule has 1 atom stereocenters. The van der Waals surface area contributed by atoms with Crippen molar-refractivity contribution < 1.29 is 9.84 Å². The van der Waals surface area contributed by atoms with Crippen LogP contribution in [0.4, 0.5) is 0 Å². The maximum Gasteiger partial charge on any atom is 0.159 e. The molecule has 0 saturated carbocycles. The second kappa shape index (κ2) is 8.03. The molecule has 0 amide bonds. The highest BCUT2D eigenvalue weighted by Gasteiger charge is 2.40. The van der Waals surface area contributed by atoms with Gasteiger partial charge in [0.15, 0.2) is 5.60 Å². The molecule has 4 aromatic carbocycles. The molecule has 1 unspecified atom stereocenters. The molecule has 0 radical (unpaired) electrons. The fourth-order valence-corrected chi connectivity index (χ4v) is 4.49. The second-order valence-corrected chi connectivity index (χ2v) is 8.06. The normalized spacial score (nSPS) is 13.1. The molecule has 1 aromatic heterocycles. The lowest BCUT2D eigenvalue weighted by Crippen LogP contribution is -2.30. The zero-order valence-corrected chi connectivity index (χ0v) is 18.2. The van der Waals surface area contributed by atoms with E-state index in [1.54, 1.807) is 7.11 Å². The van der Waals surface area contributed by atoms with E-state index in [2.05, 4.69) is 23.2 Å². The summed E-state index contributed by atoms with van der Waals surface area (Å²) in [5.41, 5.74) is 4.86. The number of para-hydroxylation sites is 2. The maximum atomic E-state index is 12.7. The van der Waals surface area contributed by atoms with Gasteiger partial charge in [-0.25, -0.2) is 0 Å². The minimum Gasteiger partial charge on any atom is -0.496 e. The van der Waals surface area contributed by atoms with Gasteiger partial charge >= 0.3 is 0 Å². The van der Waals surface area contributed by atoms with E-state index in [4.69, 9.17) is 4.74 Å². The quantitative estimate of drug-likeness (QED) is 0.344. The van der Waals surface area contributed by atoms with Gasteiger partial charge in [-0.1, -0.05) is 96.6 Å². The minimum atomic E-state index is -1.45. The van der Waals surface area contributed by atoms with Crippen molar-refractivity contribution in [3.05, 3.63) is 126 Å². The second-order valence-electron chi connectivity index (χ2n) is 8.06. The average molecular weight is 420 g/mol. The molecule has 0 spiro atoms. The number of aliphatic hydroxyl groups is 1. The first-order valence-corrected chi connectivity index (χ1v) is 10.7. The lowest BCUT2D eigenvalue weighted by atomic mass is 9.80. The van der Waals surface area contributed by atoms with Crippen LogP contribution < -0.4 is 4.74 Å². The van der Waals surface area contributed by atoms with E-state index in [9.17, 15) is 5.11 Å². The van der Waals surface area contributed by atoms with Gasteiger partial charge in [-0.3, -0.25) is 0 Å². The molecule has 32 heavy (non-hydrogen) atoms. The number of aryl methyl sites for hydroxylation is 1. The van der Waals surface area contributed by atoms with Crippen LogP contribution >= 0.6 is 0 Å². The maximum absolute atomic E-state index is 12.7. The molecule has 3 nitrogen and oxygen atoms in total. The fourth-order valence-electron chi connectivity index (χ4n) is 4.49. The van der Waals surface area contributed by atoms with Crippen molar-refractivity contribution >= 4 is 10.9 Å². The van der Waals surface area contributed by atoms with E-state index in [-0.39, 0.29) is 0 Å². The highest BCUT2D eigenvalue weighted by molar-refractivity contribution is 5.98. The van der Waals surface area contributed by atoms with Crippen molar-refractivity contribution in [1.29, 1.82) is 0 Å². The Bertz CT molecular complexity index is 1370. The monoisotopic (exact) mass is 419 g/mol. The molecule has 0 saturated heterocycles. The largest absolute Gasteiger partial charge is 0.496 e. The van der Waals surface area contributed by atoms with Crippen LogP contribution in [0, 0.1) is 6.92 Å². The summed E-state index contributed by atoms with van der Waals surface area (Å²) < 4.78 is 5.70. The van der Waals surface area contributed by atoms with Crippen molar-refractivity contribution in [3.63, 3.8) is 0 Å². The van der Waals surface area contributed by atoms with Crippen LogP contribution in [0.3, 0.4) is 0 Å². The Labute approximate surface area is 187 Å². The van der Waals surface area contributed by atoms with Crippen molar-refractivity contribution in [2.75, 3.05) is 7.11 Å². The molecule has 5 rings (SSSR count). The number of rotatable bonds is 5. The van der Waals surface area contributed by atoms with Gasteiger partial charge in [0.1, 0.15) is 5.75 Å². The first-order chi connectivity index (χ1) is 15.6. The molecular weight excluding hydrogens is 394 g/mol. The molecule has 158 valence electrons. The average Bonchev–Trinajstić information content (AvgIpc) is 3.25. The van der Waals surface area contributed by atoms with E-state index >= 15 is 0 Å². The van der Waals surface area contributed by atoms with Crippen molar-refractivity contribution in [3.8, 4) is 16.9 Å². The van der Waals surface area contributed by atoms with Gasteiger partial charge in [0.25, 0.3) is 0 Å². The predicted octanol–water partition coefficient (Wildman–Crippen LogP) is 6.44. The molecule has 5 aromatic rings. The lowest BCUT2D eigenvalue weighted by Gasteiger charge is -2.31. The van der Waals surface area contributed by atoms with E-state index in [0.29, 0.717) is 11.3 Å². The number of hydrogen-bond donors (Lipinski definition) is 2. The van der Waals surface area contributed by atoms with Crippen molar-refractivity contribution in [1.82, 2.24) is 4.98 Å². The molecule has 3 heteroatoms. The van der Waals surface area contributed by atoms with E-state index < -0.39 is 5.60 Å². The topological polar surface area (TPSA) is 45.2 Å². The van der Waals surface area contributed by atoms with E-state index in [0.717, 1.165) is 38.9 Å². The zero-order valence-electron chi connectivity index (χ0n) is 18.2. The SMILES string of the molecule is COc1ccccc1C(O)(c1ccc(C)cc1)c1[nH]c2ccccc2c1-c1ccccc1. The number of methoxy groups -OCH3 is 1.